The Hall–Kier alpha value is -3.03. The molecule has 1 aliphatic carbocycles. The lowest BCUT2D eigenvalue weighted by molar-refractivity contribution is -0.123. The molecule has 29 heavy (non-hydrogen) atoms. The van der Waals surface area contributed by atoms with Crippen LogP contribution in [0.2, 0.25) is 0 Å². The van der Waals surface area contributed by atoms with Crippen LogP contribution in [0.3, 0.4) is 0 Å². The number of carbonyl (C=O) groups is 2. The van der Waals surface area contributed by atoms with Crippen molar-refractivity contribution >= 4 is 11.8 Å². The number of carbonyl (C=O) groups excluding carboxylic acids is 2. The van der Waals surface area contributed by atoms with Crippen LogP contribution >= 0.6 is 0 Å². The van der Waals surface area contributed by atoms with E-state index in [0.29, 0.717) is 23.4 Å². The standard InChI is InChI=1S/C21H28N4O4/c1-12-4-7-17(8-13(12)2)29-11-20(27)23-16-6-5-15(9-16)22-19(26)10-18-14(3)24-25-21(18)28/h4,7-8,15-16H,5-6,9-11H2,1-3H3,(H,22,26)(H,23,27)(H2,24,25,28)/t15-,16+/m0/s1. The molecule has 0 saturated heterocycles. The molecule has 0 radical (unpaired) electrons. The summed E-state index contributed by atoms with van der Waals surface area (Å²) in [4.78, 5) is 36.1. The largest absolute Gasteiger partial charge is 0.484 e. The van der Waals surface area contributed by atoms with Gasteiger partial charge in [-0.1, -0.05) is 6.07 Å². The van der Waals surface area contributed by atoms with E-state index in [1.165, 1.54) is 5.56 Å². The van der Waals surface area contributed by atoms with E-state index in [4.69, 9.17) is 4.74 Å². The Bertz CT molecular complexity index is 946. The Labute approximate surface area is 169 Å². The van der Waals surface area contributed by atoms with Gasteiger partial charge in [-0.25, -0.2) is 0 Å². The minimum absolute atomic E-state index is 0.00760. The topological polar surface area (TPSA) is 116 Å². The van der Waals surface area contributed by atoms with Crippen LogP contribution in [0.15, 0.2) is 23.0 Å². The van der Waals surface area contributed by atoms with Gasteiger partial charge >= 0.3 is 0 Å². The number of rotatable bonds is 7. The molecule has 4 N–H and O–H groups in total. The van der Waals surface area contributed by atoms with E-state index in [1.54, 1.807) is 6.92 Å². The fraction of sp³-hybridized carbons (Fsp3) is 0.476. The smallest absolute Gasteiger partial charge is 0.267 e. The van der Waals surface area contributed by atoms with Crippen molar-refractivity contribution in [2.45, 2.75) is 58.5 Å². The molecule has 1 aromatic heterocycles. The molecule has 1 fully saturated rings. The molecular formula is C21H28N4O4. The van der Waals surface area contributed by atoms with Crippen molar-refractivity contribution in [1.82, 2.24) is 20.8 Å². The number of hydrogen-bond acceptors (Lipinski definition) is 4. The fourth-order valence-corrected chi connectivity index (χ4v) is 3.59. The summed E-state index contributed by atoms with van der Waals surface area (Å²) in [6, 6.07) is 5.74. The van der Waals surface area contributed by atoms with Gasteiger partial charge in [0.2, 0.25) is 5.91 Å². The molecule has 156 valence electrons. The highest BCUT2D eigenvalue weighted by atomic mass is 16.5. The van der Waals surface area contributed by atoms with E-state index in [2.05, 4.69) is 20.8 Å². The number of hydrogen-bond donors (Lipinski definition) is 4. The zero-order chi connectivity index (χ0) is 21.0. The van der Waals surface area contributed by atoms with Gasteiger partial charge in [0.1, 0.15) is 5.75 Å². The second-order valence-electron chi connectivity index (χ2n) is 7.74. The van der Waals surface area contributed by atoms with Crippen molar-refractivity contribution in [3.8, 4) is 5.75 Å². The number of H-pyrrole nitrogens is 2. The summed E-state index contributed by atoms with van der Waals surface area (Å²) in [6.07, 6.45) is 2.30. The Morgan fingerprint density at radius 3 is 2.34 bits per heavy atom. The van der Waals surface area contributed by atoms with Crippen molar-refractivity contribution in [1.29, 1.82) is 0 Å². The molecule has 0 spiro atoms. The second-order valence-corrected chi connectivity index (χ2v) is 7.74. The second kappa shape index (κ2) is 8.98. The van der Waals surface area contributed by atoms with Crippen LogP contribution in [0, 0.1) is 20.8 Å². The van der Waals surface area contributed by atoms with Gasteiger partial charge in [-0.05, 0) is 63.3 Å². The highest BCUT2D eigenvalue weighted by Gasteiger charge is 2.27. The predicted molar refractivity (Wildman–Crippen MR) is 109 cm³/mol. The van der Waals surface area contributed by atoms with Gasteiger partial charge in [0, 0.05) is 23.3 Å². The summed E-state index contributed by atoms with van der Waals surface area (Å²) in [5.41, 5.74) is 3.16. The maximum atomic E-state index is 12.2. The third-order valence-electron chi connectivity index (χ3n) is 5.44. The fourth-order valence-electron chi connectivity index (χ4n) is 3.59. The number of aromatic nitrogens is 2. The minimum atomic E-state index is -0.266. The molecule has 0 bridgehead atoms. The number of aryl methyl sites for hydroxylation is 3. The van der Waals surface area contributed by atoms with Gasteiger partial charge < -0.3 is 20.5 Å². The van der Waals surface area contributed by atoms with Crippen LogP contribution in [0.4, 0.5) is 0 Å². The highest BCUT2D eigenvalue weighted by molar-refractivity contribution is 5.79. The van der Waals surface area contributed by atoms with E-state index in [1.807, 2.05) is 32.0 Å². The Balaban J connectivity index is 1.41. The molecule has 1 aliphatic rings. The summed E-state index contributed by atoms with van der Waals surface area (Å²) < 4.78 is 5.57. The van der Waals surface area contributed by atoms with Crippen LogP contribution in [0.1, 0.15) is 41.6 Å². The van der Waals surface area contributed by atoms with Crippen LogP contribution in [0.25, 0.3) is 0 Å². The maximum Gasteiger partial charge on any atom is 0.267 e. The van der Waals surface area contributed by atoms with E-state index >= 15 is 0 Å². The van der Waals surface area contributed by atoms with Gasteiger partial charge in [-0.3, -0.25) is 19.5 Å². The zero-order valence-electron chi connectivity index (χ0n) is 17.1. The van der Waals surface area contributed by atoms with E-state index in [9.17, 15) is 14.4 Å². The molecule has 0 aliphatic heterocycles. The monoisotopic (exact) mass is 400 g/mol. The van der Waals surface area contributed by atoms with Crippen molar-refractivity contribution < 1.29 is 14.3 Å². The third-order valence-corrected chi connectivity index (χ3v) is 5.44. The van der Waals surface area contributed by atoms with E-state index < -0.39 is 0 Å². The van der Waals surface area contributed by atoms with Gasteiger partial charge in [0.25, 0.3) is 11.5 Å². The first-order chi connectivity index (χ1) is 13.8. The molecule has 2 aromatic rings. The SMILES string of the molecule is Cc1ccc(OCC(=O)N[C@@H]2CC[C@H](NC(=O)Cc3c(C)[nH][nH]c3=O)C2)cc1C. The lowest BCUT2D eigenvalue weighted by Crippen LogP contribution is -2.39. The van der Waals surface area contributed by atoms with Crippen LogP contribution in [-0.2, 0) is 16.0 Å². The molecule has 1 aromatic carbocycles. The van der Waals surface area contributed by atoms with Crippen molar-refractivity contribution in [3.63, 3.8) is 0 Å². The summed E-state index contributed by atoms with van der Waals surface area (Å²) in [5, 5.41) is 11.1. The summed E-state index contributed by atoms with van der Waals surface area (Å²) in [7, 11) is 0. The van der Waals surface area contributed by atoms with Gasteiger partial charge in [-0.15, -0.1) is 0 Å². The van der Waals surface area contributed by atoms with Gasteiger partial charge in [0.15, 0.2) is 6.61 Å². The number of nitrogens with one attached hydrogen (secondary N) is 4. The number of benzene rings is 1. The van der Waals surface area contributed by atoms with Crippen LogP contribution in [0.5, 0.6) is 5.75 Å². The van der Waals surface area contributed by atoms with Gasteiger partial charge in [-0.2, -0.15) is 0 Å². The molecule has 0 unspecified atom stereocenters. The lowest BCUT2D eigenvalue weighted by atomic mass is 10.1. The quantitative estimate of drug-likeness (QED) is 0.562. The van der Waals surface area contributed by atoms with Crippen molar-refractivity contribution in [2.75, 3.05) is 6.61 Å². The summed E-state index contributed by atoms with van der Waals surface area (Å²) in [6.45, 7) is 5.74. The first kappa shape index (κ1) is 20.7. The zero-order valence-corrected chi connectivity index (χ0v) is 17.1. The molecule has 8 heteroatoms. The number of ether oxygens (including phenoxy) is 1. The first-order valence-corrected chi connectivity index (χ1v) is 9.86. The van der Waals surface area contributed by atoms with E-state index in [0.717, 1.165) is 18.4 Å². The summed E-state index contributed by atoms with van der Waals surface area (Å²) in [5.74, 6) is 0.317. The van der Waals surface area contributed by atoms with Crippen molar-refractivity contribution in [2.24, 2.45) is 0 Å². The molecule has 3 rings (SSSR count). The van der Waals surface area contributed by atoms with Crippen LogP contribution in [-0.4, -0.2) is 40.7 Å². The Morgan fingerprint density at radius 1 is 1.03 bits per heavy atom. The molecule has 2 amide bonds. The van der Waals surface area contributed by atoms with Gasteiger partial charge in [0.05, 0.1) is 6.42 Å². The van der Waals surface area contributed by atoms with E-state index in [-0.39, 0.29) is 42.5 Å². The van der Waals surface area contributed by atoms with Crippen molar-refractivity contribution in [3.05, 3.63) is 50.9 Å². The molecule has 8 nitrogen and oxygen atoms in total. The number of amides is 2. The summed E-state index contributed by atoms with van der Waals surface area (Å²) >= 11 is 0. The molecular weight excluding hydrogens is 372 g/mol. The molecule has 1 heterocycles. The highest BCUT2D eigenvalue weighted by Crippen LogP contribution is 2.20. The lowest BCUT2D eigenvalue weighted by Gasteiger charge is -2.15. The van der Waals surface area contributed by atoms with Crippen LogP contribution < -0.4 is 20.9 Å². The Morgan fingerprint density at radius 2 is 1.72 bits per heavy atom. The molecule has 1 saturated carbocycles. The first-order valence-electron chi connectivity index (χ1n) is 9.86. The predicted octanol–water partition coefficient (Wildman–Crippen LogP) is 1.40. The third kappa shape index (κ3) is 5.49. The normalized spacial score (nSPS) is 18.4. The minimum Gasteiger partial charge on any atom is -0.484 e. The average Bonchev–Trinajstić information content (AvgIpc) is 3.23. The Kier molecular flexibility index (Phi) is 6.41. The molecule has 2 atom stereocenters. The maximum absolute atomic E-state index is 12.2. The number of aromatic amines is 2. The average molecular weight is 400 g/mol.